The zero-order valence-electron chi connectivity index (χ0n) is 17.6. The molecule has 0 amide bonds. The van der Waals surface area contributed by atoms with Crippen molar-refractivity contribution in [2.75, 3.05) is 7.11 Å². The topological polar surface area (TPSA) is 55.8 Å². The van der Waals surface area contributed by atoms with E-state index in [4.69, 9.17) is 9.47 Å². The minimum absolute atomic E-state index is 0.284. The van der Waals surface area contributed by atoms with Gasteiger partial charge >= 0.3 is 0 Å². The molecule has 6 heteroatoms. The first kappa shape index (κ1) is 21.2. The van der Waals surface area contributed by atoms with Gasteiger partial charge in [-0.2, -0.15) is 0 Å². The number of ether oxygens (including phenoxy) is 2. The van der Waals surface area contributed by atoms with Gasteiger partial charge in [-0.25, -0.2) is 8.42 Å². The molecule has 0 bridgehead atoms. The molecule has 0 spiro atoms. The lowest BCUT2D eigenvalue weighted by Gasteiger charge is -2.40. The van der Waals surface area contributed by atoms with Crippen LogP contribution in [0.3, 0.4) is 0 Å². The van der Waals surface area contributed by atoms with E-state index >= 15 is 0 Å². The van der Waals surface area contributed by atoms with E-state index in [0.29, 0.717) is 18.1 Å². The molecule has 0 saturated carbocycles. The summed E-state index contributed by atoms with van der Waals surface area (Å²) in [4.78, 5) is 0.284. The van der Waals surface area contributed by atoms with Crippen LogP contribution in [-0.4, -0.2) is 25.9 Å². The molecule has 0 aliphatic carbocycles. The number of hydrogen-bond donors (Lipinski definition) is 0. The molecule has 29 heavy (non-hydrogen) atoms. The summed E-state index contributed by atoms with van der Waals surface area (Å²) >= 11 is 0. The van der Waals surface area contributed by atoms with Crippen LogP contribution in [0.25, 0.3) is 0 Å². The maximum Gasteiger partial charge on any atom is 0.264 e. The molecule has 0 aromatic heterocycles. The maximum absolute atomic E-state index is 13.5. The molecule has 0 saturated heterocycles. The fraction of sp³-hybridized carbons (Fsp3) is 0.391. The average molecular weight is 416 g/mol. The van der Waals surface area contributed by atoms with Crippen molar-refractivity contribution < 1.29 is 17.9 Å². The Hall–Kier alpha value is -2.47. The second kappa shape index (κ2) is 8.49. The lowest BCUT2D eigenvalue weighted by atomic mass is 9.93. The number of rotatable bonds is 6. The third-order valence-corrected chi connectivity index (χ3v) is 6.83. The van der Waals surface area contributed by atoms with E-state index in [2.05, 4.69) is 13.8 Å². The van der Waals surface area contributed by atoms with Crippen molar-refractivity contribution in [1.82, 2.24) is 4.31 Å². The van der Waals surface area contributed by atoms with Gasteiger partial charge in [0.05, 0.1) is 24.2 Å². The highest BCUT2D eigenvalue weighted by atomic mass is 32.2. The Bertz CT molecular complexity index is 980. The molecule has 0 fully saturated rings. The normalized spacial score (nSPS) is 19.7. The van der Waals surface area contributed by atoms with E-state index < -0.39 is 16.1 Å². The molecule has 1 aliphatic rings. The number of sulfonamides is 1. The summed E-state index contributed by atoms with van der Waals surface area (Å²) in [6.45, 7) is 7.90. The Balaban J connectivity index is 2.08. The molecule has 156 valence electrons. The van der Waals surface area contributed by atoms with Gasteiger partial charge < -0.3 is 9.47 Å². The number of methoxy groups -OCH3 is 1. The summed E-state index contributed by atoms with van der Waals surface area (Å²) in [6.07, 6.45) is 1.85. The molecule has 1 heterocycles. The molecular formula is C23H29NO4S. The summed E-state index contributed by atoms with van der Waals surface area (Å²) in [6, 6.07) is 14.2. The third-order valence-electron chi connectivity index (χ3n) is 5.03. The maximum atomic E-state index is 13.5. The molecule has 2 aromatic rings. The smallest absolute Gasteiger partial charge is 0.264 e. The second-order valence-electron chi connectivity index (χ2n) is 7.90. The Kier molecular flexibility index (Phi) is 6.22. The first-order valence-corrected chi connectivity index (χ1v) is 11.3. The highest BCUT2D eigenvalue weighted by Gasteiger charge is 2.40. The molecule has 3 rings (SSSR count). The van der Waals surface area contributed by atoms with Crippen molar-refractivity contribution in [3.8, 4) is 5.75 Å². The highest BCUT2D eigenvalue weighted by Crippen LogP contribution is 2.39. The van der Waals surface area contributed by atoms with Gasteiger partial charge in [-0.1, -0.05) is 43.7 Å². The van der Waals surface area contributed by atoms with Crippen LogP contribution in [0.15, 0.2) is 65.4 Å². The minimum atomic E-state index is -3.72. The van der Waals surface area contributed by atoms with Crippen molar-refractivity contribution in [3.05, 3.63) is 71.6 Å². The predicted molar refractivity (Wildman–Crippen MR) is 114 cm³/mol. The molecule has 0 N–H and O–H groups in total. The van der Waals surface area contributed by atoms with Crippen LogP contribution in [0.1, 0.15) is 44.4 Å². The lowest BCUT2D eigenvalue weighted by molar-refractivity contribution is 0.0299. The van der Waals surface area contributed by atoms with Crippen molar-refractivity contribution in [1.29, 1.82) is 0 Å². The lowest BCUT2D eigenvalue weighted by Crippen LogP contribution is -2.44. The Morgan fingerprint density at radius 3 is 2.41 bits per heavy atom. The molecule has 1 aliphatic heterocycles. The number of hydrogen-bond acceptors (Lipinski definition) is 4. The first-order chi connectivity index (χ1) is 13.7. The van der Waals surface area contributed by atoms with Gasteiger partial charge in [-0.3, -0.25) is 4.31 Å². The van der Waals surface area contributed by atoms with Crippen LogP contribution < -0.4 is 4.74 Å². The number of nitrogens with zero attached hydrogens (tertiary/aromatic N) is 1. The van der Waals surface area contributed by atoms with E-state index in [0.717, 1.165) is 16.9 Å². The number of allylic oxidation sites excluding steroid dienone is 1. The van der Waals surface area contributed by atoms with Crippen molar-refractivity contribution in [3.63, 3.8) is 0 Å². The Morgan fingerprint density at radius 2 is 1.79 bits per heavy atom. The van der Waals surface area contributed by atoms with E-state index in [9.17, 15) is 8.42 Å². The van der Waals surface area contributed by atoms with Crippen molar-refractivity contribution >= 4 is 10.0 Å². The van der Waals surface area contributed by atoms with Gasteiger partial charge in [0.1, 0.15) is 17.6 Å². The fourth-order valence-electron chi connectivity index (χ4n) is 3.62. The van der Waals surface area contributed by atoms with Gasteiger partial charge in [-0.05, 0) is 56.0 Å². The Labute approximate surface area is 174 Å². The monoisotopic (exact) mass is 415 g/mol. The second-order valence-corrected chi connectivity index (χ2v) is 9.74. The van der Waals surface area contributed by atoms with Crippen molar-refractivity contribution in [2.45, 2.75) is 51.2 Å². The van der Waals surface area contributed by atoms with E-state index in [1.54, 1.807) is 32.4 Å². The van der Waals surface area contributed by atoms with E-state index in [-0.39, 0.29) is 10.9 Å². The summed E-state index contributed by atoms with van der Waals surface area (Å²) in [7, 11) is -2.10. The van der Waals surface area contributed by atoms with E-state index in [1.807, 2.05) is 43.3 Å². The van der Waals surface area contributed by atoms with Crippen LogP contribution in [-0.2, 0) is 14.8 Å². The largest absolute Gasteiger partial charge is 0.497 e. The van der Waals surface area contributed by atoms with Gasteiger partial charge in [0.15, 0.2) is 0 Å². The Morgan fingerprint density at radius 1 is 1.10 bits per heavy atom. The molecule has 0 radical (unpaired) electrons. The first-order valence-electron chi connectivity index (χ1n) is 9.81. The average Bonchev–Trinajstić information content (AvgIpc) is 2.69. The highest BCUT2D eigenvalue weighted by molar-refractivity contribution is 7.89. The predicted octanol–water partition coefficient (Wildman–Crippen LogP) is 5.04. The molecular weight excluding hydrogens is 386 g/mol. The molecule has 2 aromatic carbocycles. The number of aryl methyl sites for hydroxylation is 1. The van der Waals surface area contributed by atoms with Crippen LogP contribution in [0.4, 0.5) is 0 Å². The summed E-state index contributed by atoms with van der Waals surface area (Å²) in [5.41, 5.74) is 1.91. The summed E-state index contributed by atoms with van der Waals surface area (Å²) in [5.74, 6) is 1.57. The van der Waals surface area contributed by atoms with Crippen LogP contribution in [0, 0.1) is 12.8 Å². The quantitative estimate of drug-likeness (QED) is 0.663. The molecule has 2 atom stereocenters. The zero-order valence-corrected chi connectivity index (χ0v) is 18.4. The minimum Gasteiger partial charge on any atom is -0.497 e. The standard InChI is InChI=1S/C23H29NO4S/c1-16(2)13-22-23(19-7-6-8-20(14-19)27-5)28-18(4)15-24(22)29(25,26)21-11-9-17(3)10-12-21/h6-12,14-16,22-23H,13H2,1-5H3/t22-,23+/m0/s1. The fourth-order valence-corrected chi connectivity index (χ4v) is 5.18. The SMILES string of the molecule is COc1cccc([C@H]2OC(C)=CN(S(=O)(=O)c3ccc(C)cc3)[C@H]2CC(C)C)c1. The summed E-state index contributed by atoms with van der Waals surface area (Å²) in [5, 5.41) is 0. The number of benzene rings is 2. The van der Waals surface area contributed by atoms with Gasteiger partial charge in [0, 0.05) is 0 Å². The van der Waals surface area contributed by atoms with Crippen LogP contribution in [0.2, 0.25) is 0 Å². The molecule has 5 nitrogen and oxygen atoms in total. The zero-order chi connectivity index (χ0) is 21.2. The van der Waals surface area contributed by atoms with Crippen LogP contribution >= 0.6 is 0 Å². The van der Waals surface area contributed by atoms with E-state index in [1.165, 1.54) is 4.31 Å². The molecule has 0 unspecified atom stereocenters. The summed E-state index contributed by atoms with van der Waals surface area (Å²) < 4.78 is 40.1. The van der Waals surface area contributed by atoms with Gasteiger partial charge in [0.2, 0.25) is 0 Å². The van der Waals surface area contributed by atoms with Crippen molar-refractivity contribution in [2.24, 2.45) is 5.92 Å². The third kappa shape index (κ3) is 4.58. The van der Waals surface area contributed by atoms with Gasteiger partial charge in [0.25, 0.3) is 10.0 Å². The van der Waals surface area contributed by atoms with Crippen LogP contribution in [0.5, 0.6) is 5.75 Å². The van der Waals surface area contributed by atoms with Gasteiger partial charge in [-0.15, -0.1) is 0 Å².